The molecule has 1 aliphatic heterocycles. The zero-order valence-corrected chi connectivity index (χ0v) is 22.2. The molecule has 2 aromatic carbocycles. The molecule has 1 aliphatic rings. The maximum atomic E-state index is 13.3. The molecule has 0 N–H and O–H groups in total. The van der Waals surface area contributed by atoms with E-state index in [2.05, 4.69) is 0 Å². The van der Waals surface area contributed by atoms with Crippen molar-refractivity contribution in [3.63, 3.8) is 0 Å². The summed E-state index contributed by atoms with van der Waals surface area (Å²) in [6.45, 7) is 4.92. The van der Waals surface area contributed by atoms with Gasteiger partial charge < -0.3 is 19.1 Å². The van der Waals surface area contributed by atoms with Gasteiger partial charge in [0.05, 0.1) is 19.1 Å². The molecular formula is C26H28N2O6S2. The van der Waals surface area contributed by atoms with Crippen LogP contribution in [0.25, 0.3) is 6.08 Å². The normalized spacial score (nSPS) is 15.1. The highest BCUT2D eigenvalue weighted by atomic mass is 32.2. The van der Waals surface area contributed by atoms with Gasteiger partial charge in [-0.2, -0.15) is 0 Å². The number of hydrogen-bond donors (Lipinski definition) is 0. The van der Waals surface area contributed by atoms with Gasteiger partial charge in [0, 0.05) is 13.1 Å². The quantitative estimate of drug-likeness (QED) is 0.259. The molecule has 1 unspecified atom stereocenters. The minimum atomic E-state index is -0.983. The Balaban J connectivity index is 1.83. The van der Waals surface area contributed by atoms with Crippen molar-refractivity contribution in [2.45, 2.75) is 19.9 Å². The molecule has 0 aromatic heterocycles. The highest BCUT2D eigenvalue weighted by Crippen LogP contribution is 2.39. The van der Waals surface area contributed by atoms with Gasteiger partial charge in [0.1, 0.15) is 4.32 Å². The zero-order chi connectivity index (χ0) is 26.2. The third kappa shape index (κ3) is 6.06. The van der Waals surface area contributed by atoms with Crippen molar-refractivity contribution in [3.05, 3.63) is 64.6 Å². The highest BCUT2D eigenvalue weighted by molar-refractivity contribution is 8.26. The van der Waals surface area contributed by atoms with Crippen LogP contribution < -0.4 is 9.47 Å². The first-order valence-electron chi connectivity index (χ1n) is 11.3. The molecule has 0 spiro atoms. The lowest BCUT2D eigenvalue weighted by Gasteiger charge is -2.24. The van der Waals surface area contributed by atoms with E-state index in [9.17, 15) is 14.4 Å². The van der Waals surface area contributed by atoms with E-state index >= 15 is 0 Å². The van der Waals surface area contributed by atoms with Crippen LogP contribution in [-0.2, 0) is 19.1 Å². The smallest absolute Gasteiger partial charge is 0.333 e. The van der Waals surface area contributed by atoms with E-state index in [-0.39, 0.29) is 16.8 Å². The zero-order valence-electron chi connectivity index (χ0n) is 20.6. The van der Waals surface area contributed by atoms with Crippen molar-refractivity contribution < 1.29 is 28.6 Å². The maximum Gasteiger partial charge on any atom is 0.333 e. The Bertz CT molecular complexity index is 1160. The molecule has 2 amide bonds. The lowest BCUT2D eigenvalue weighted by Crippen LogP contribution is -2.37. The van der Waals surface area contributed by atoms with E-state index in [1.807, 2.05) is 19.9 Å². The monoisotopic (exact) mass is 528 g/mol. The molecule has 1 saturated heterocycles. The van der Waals surface area contributed by atoms with Crippen LogP contribution in [0, 0.1) is 0 Å². The standard InChI is InChI=1S/C26H28N2O6S2/c1-5-27(6-2)22(29)16-34-19-13-12-17(14-20(19)32-3)15-21-24(30)28(26(35)36-21)23(25(31)33-4)18-10-8-7-9-11-18/h7-15,23H,5-6,16H2,1-4H3/b21-15+. The number of ether oxygens (including phenoxy) is 3. The van der Waals surface area contributed by atoms with Crippen molar-refractivity contribution in [2.75, 3.05) is 33.9 Å². The first-order valence-corrected chi connectivity index (χ1v) is 12.5. The summed E-state index contributed by atoms with van der Waals surface area (Å²) in [5, 5.41) is 0. The second-order valence-corrected chi connectivity index (χ2v) is 9.33. The Hall–Kier alpha value is -3.37. The van der Waals surface area contributed by atoms with Gasteiger partial charge in [0.15, 0.2) is 24.1 Å². The molecule has 0 saturated carbocycles. The fraction of sp³-hybridized carbons (Fsp3) is 0.308. The van der Waals surface area contributed by atoms with Gasteiger partial charge in [-0.3, -0.25) is 14.5 Å². The van der Waals surface area contributed by atoms with Crippen LogP contribution in [0.1, 0.15) is 31.0 Å². The van der Waals surface area contributed by atoms with Gasteiger partial charge in [0.2, 0.25) is 0 Å². The number of thioether (sulfide) groups is 1. The van der Waals surface area contributed by atoms with Crippen LogP contribution in [0.2, 0.25) is 0 Å². The summed E-state index contributed by atoms with van der Waals surface area (Å²) in [6, 6.07) is 13.0. The van der Waals surface area contributed by atoms with Gasteiger partial charge in [-0.15, -0.1) is 0 Å². The van der Waals surface area contributed by atoms with E-state index in [0.29, 0.717) is 40.6 Å². The molecule has 10 heteroatoms. The minimum Gasteiger partial charge on any atom is -0.493 e. The second-order valence-electron chi connectivity index (χ2n) is 7.65. The number of rotatable bonds is 10. The molecule has 8 nitrogen and oxygen atoms in total. The molecule has 0 bridgehead atoms. The number of amides is 2. The third-order valence-corrected chi connectivity index (χ3v) is 6.90. The van der Waals surface area contributed by atoms with E-state index in [1.54, 1.807) is 53.4 Å². The summed E-state index contributed by atoms with van der Waals surface area (Å²) in [5.74, 6) is -0.260. The summed E-state index contributed by atoms with van der Waals surface area (Å²) in [4.78, 5) is 41.5. The second kappa shape index (κ2) is 12.5. The summed E-state index contributed by atoms with van der Waals surface area (Å²) in [7, 11) is 2.77. The largest absolute Gasteiger partial charge is 0.493 e. The van der Waals surface area contributed by atoms with Crippen molar-refractivity contribution in [3.8, 4) is 11.5 Å². The first kappa shape index (κ1) is 27.2. The van der Waals surface area contributed by atoms with Crippen LogP contribution in [-0.4, -0.2) is 65.8 Å². The molecule has 0 radical (unpaired) electrons. The Morgan fingerprint density at radius 1 is 1.08 bits per heavy atom. The Labute approximate surface area is 220 Å². The summed E-state index contributed by atoms with van der Waals surface area (Å²) < 4.78 is 16.3. The SMILES string of the molecule is CCN(CC)C(=O)COc1ccc(/C=C2/SC(=S)N(C(C(=O)OC)c3ccccc3)C2=O)cc1OC. The number of hydrogen-bond acceptors (Lipinski definition) is 8. The lowest BCUT2D eigenvalue weighted by molar-refractivity contribution is -0.148. The summed E-state index contributed by atoms with van der Waals surface area (Å²) in [6.07, 6.45) is 1.67. The minimum absolute atomic E-state index is 0.107. The maximum absolute atomic E-state index is 13.3. The molecule has 36 heavy (non-hydrogen) atoms. The van der Waals surface area contributed by atoms with Crippen LogP contribution in [0.3, 0.4) is 0 Å². The Kier molecular flexibility index (Phi) is 9.49. The highest BCUT2D eigenvalue weighted by Gasteiger charge is 2.41. The number of nitrogens with zero attached hydrogens (tertiary/aromatic N) is 2. The van der Waals surface area contributed by atoms with Crippen molar-refractivity contribution >= 4 is 52.2 Å². The third-order valence-electron chi connectivity index (χ3n) is 5.57. The lowest BCUT2D eigenvalue weighted by atomic mass is 10.1. The summed E-state index contributed by atoms with van der Waals surface area (Å²) in [5.41, 5.74) is 1.27. The van der Waals surface area contributed by atoms with E-state index in [4.69, 9.17) is 26.4 Å². The molecule has 190 valence electrons. The van der Waals surface area contributed by atoms with Crippen LogP contribution in [0.15, 0.2) is 53.4 Å². The van der Waals surface area contributed by atoms with Gasteiger partial charge in [-0.1, -0.05) is 60.4 Å². The predicted molar refractivity (Wildman–Crippen MR) is 143 cm³/mol. The fourth-order valence-corrected chi connectivity index (χ4v) is 5.00. The molecule has 1 fully saturated rings. The van der Waals surface area contributed by atoms with E-state index in [1.165, 1.54) is 19.1 Å². The molecule has 0 aliphatic carbocycles. The Morgan fingerprint density at radius 3 is 2.39 bits per heavy atom. The first-order chi connectivity index (χ1) is 17.3. The Morgan fingerprint density at radius 2 is 1.78 bits per heavy atom. The van der Waals surface area contributed by atoms with Gasteiger partial charge in [-0.25, -0.2) is 4.79 Å². The predicted octanol–water partition coefficient (Wildman–Crippen LogP) is 4.06. The van der Waals surface area contributed by atoms with Crippen LogP contribution in [0.5, 0.6) is 11.5 Å². The number of carbonyl (C=O) groups excluding carboxylic acids is 3. The van der Waals surface area contributed by atoms with E-state index < -0.39 is 17.9 Å². The van der Waals surface area contributed by atoms with E-state index in [0.717, 1.165) is 11.8 Å². The van der Waals surface area contributed by atoms with Gasteiger partial charge in [0.25, 0.3) is 11.8 Å². The number of benzene rings is 2. The van der Waals surface area contributed by atoms with Crippen LogP contribution in [0.4, 0.5) is 0 Å². The van der Waals surface area contributed by atoms with Crippen molar-refractivity contribution in [2.24, 2.45) is 0 Å². The fourth-order valence-electron chi connectivity index (χ4n) is 3.69. The number of esters is 1. The number of thiocarbonyl (C=S) groups is 1. The average molecular weight is 529 g/mol. The van der Waals surface area contributed by atoms with Crippen LogP contribution >= 0.6 is 24.0 Å². The van der Waals surface area contributed by atoms with Crippen molar-refractivity contribution in [1.82, 2.24) is 9.80 Å². The number of carbonyl (C=O) groups is 3. The van der Waals surface area contributed by atoms with Crippen molar-refractivity contribution in [1.29, 1.82) is 0 Å². The molecule has 1 atom stereocenters. The number of methoxy groups -OCH3 is 2. The van der Waals surface area contributed by atoms with Gasteiger partial charge in [-0.05, 0) is 43.2 Å². The molecule has 2 aromatic rings. The molecular weight excluding hydrogens is 500 g/mol. The average Bonchev–Trinajstić information content (AvgIpc) is 3.16. The topological polar surface area (TPSA) is 85.4 Å². The molecule has 1 heterocycles. The summed E-state index contributed by atoms with van der Waals surface area (Å²) >= 11 is 6.57. The number of likely N-dealkylation sites (N-methyl/N-ethyl adjacent to an activating group) is 1. The molecule has 3 rings (SSSR count). The van der Waals surface area contributed by atoms with Gasteiger partial charge >= 0.3 is 5.97 Å².